The Bertz CT molecular complexity index is 1190. The summed E-state index contributed by atoms with van der Waals surface area (Å²) < 4.78 is 37.3. The van der Waals surface area contributed by atoms with Gasteiger partial charge in [-0.25, -0.2) is 0 Å². The standard InChI is InChI=1S/C39H73NO14/c1-14-27-39(11,48)32(44)22(5)29(42)19(2)16-37(9,47)34(54-36-30(43)26(15-21(4)50-36)40(12)18-20(3)41)23(6)31(24(7)35(46)52-27)53-28-17-38(10,49-13)33(45)25(8)51-28/h19-34,36,41-45,47-48H,14-18H2,1-13H3/t19-,20+,21-,22+,23+,24-,25+,26+,27-,28+,29+,30-,31+,32-,33+,34-,36+,37-,38-,39-/m1/s1. The van der Waals surface area contributed by atoms with E-state index < -0.39 is 120 Å². The molecule has 0 saturated carbocycles. The zero-order valence-corrected chi connectivity index (χ0v) is 34.8. The SMILES string of the molecule is CC[C@H]1OC(=O)[C@H](C)[C@@H](O[C@H]2C[C@@](C)(OC)[C@@H](O)[C@H](C)O2)[C@H](C)[C@@H](O[C@@H]2O[C@H](C)C[C@H](N(C)C[C@H](C)O)[C@H]2O)[C@](C)(O)C[C@@H](C)[C@H](O)[C@H](C)[C@@H](O)[C@]1(C)O. The average Bonchev–Trinajstić information content (AvgIpc) is 3.08. The van der Waals surface area contributed by atoms with Gasteiger partial charge in [0.15, 0.2) is 12.6 Å². The third-order valence-electron chi connectivity index (χ3n) is 12.5. The molecule has 7 N–H and O–H groups in total. The van der Waals surface area contributed by atoms with Crippen molar-refractivity contribution in [2.24, 2.45) is 23.7 Å². The van der Waals surface area contributed by atoms with Crippen LogP contribution in [-0.4, -0.2) is 164 Å². The molecule has 0 bridgehead atoms. The molecule has 3 aliphatic heterocycles. The first-order chi connectivity index (χ1) is 24.8. The fraction of sp³-hybridized carbons (Fsp3) is 0.974. The molecule has 0 aromatic carbocycles. The molecule has 0 aliphatic carbocycles. The van der Waals surface area contributed by atoms with Crippen molar-refractivity contribution in [1.29, 1.82) is 0 Å². The van der Waals surface area contributed by atoms with E-state index in [1.54, 1.807) is 69.4 Å². The van der Waals surface area contributed by atoms with Crippen LogP contribution < -0.4 is 0 Å². The first-order valence-electron chi connectivity index (χ1n) is 19.8. The molecular formula is C39H73NO14. The Balaban J connectivity index is 2.18. The lowest BCUT2D eigenvalue weighted by Crippen LogP contribution is -2.61. The summed E-state index contributed by atoms with van der Waals surface area (Å²) in [6.07, 6.45) is -11.8. The highest BCUT2D eigenvalue weighted by Gasteiger charge is 2.53. The van der Waals surface area contributed by atoms with Gasteiger partial charge in [0.1, 0.15) is 23.9 Å². The highest BCUT2D eigenvalue weighted by Crippen LogP contribution is 2.41. The maximum atomic E-state index is 14.2. The minimum absolute atomic E-state index is 0.0697. The van der Waals surface area contributed by atoms with E-state index in [-0.39, 0.29) is 31.9 Å². The van der Waals surface area contributed by atoms with Gasteiger partial charge in [-0.2, -0.15) is 0 Å². The molecule has 0 amide bonds. The van der Waals surface area contributed by atoms with Gasteiger partial charge < -0.3 is 64.2 Å². The molecule has 0 unspecified atom stereocenters. The van der Waals surface area contributed by atoms with Crippen molar-refractivity contribution in [3.8, 4) is 0 Å². The fourth-order valence-electron chi connectivity index (χ4n) is 9.07. The van der Waals surface area contributed by atoms with Gasteiger partial charge in [0.25, 0.3) is 0 Å². The Labute approximate surface area is 322 Å². The minimum Gasteiger partial charge on any atom is -0.459 e. The second-order valence-electron chi connectivity index (χ2n) is 17.5. The molecule has 3 aliphatic rings. The van der Waals surface area contributed by atoms with Crippen molar-refractivity contribution in [2.45, 2.75) is 198 Å². The van der Waals surface area contributed by atoms with Gasteiger partial charge in [0.05, 0.1) is 59.8 Å². The molecule has 15 nitrogen and oxygen atoms in total. The van der Waals surface area contributed by atoms with Crippen molar-refractivity contribution in [2.75, 3.05) is 20.7 Å². The van der Waals surface area contributed by atoms with Crippen LogP contribution in [-0.2, 0) is 33.2 Å². The molecule has 15 heteroatoms. The number of ether oxygens (including phenoxy) is 6. The molecule has 3 rings (SSSR count). The Morgan fingerprint density at radius 3 is 2.07 bits per heavy atom. The quantitative estimate of drug-likeness (QED) is 0.164. The van der Waals surface area contributed by atoms with Crippen molar-refractivity contribution >= 4 is 5.97 Å². The Hall–Kier alpha value is -1.05. The lowest BCUT2D eigenvalue weighted by molar-refractivity contribution is -0.319. The summed E-state index contributed by atoms with van der Waals surface area (Å²) >= 11 is 0. The lowest BCUT2D eigenvalue weighted by Gasteiger charge is -2.49. The summed E-state index contributed by atoms with van der Waals surface area (Å²) in [7, 11) is 3.27. The van der Waals surface area contributed by atoms with Crippen LogP contribution in [0.1, 0.15) is 102 Å². The van der Waals surface area contributed by atoms with Crippen molar-refractivity contribution in [1.82, 2.24) is 4.90 Å². The minimum atomic E-state index is -1.95. The number of carbonyl (C=O) groups excluding carboxylic acids is 1. The number of methoxy groups -OCH3 is 1. The molecular weight excluding hydrogens is 706 g/mol. The van der Waals surface area contributed by atoms with E-state index in [2.05, 4.69) is 0 Å². The third kappa shape index (κ3) is 10.5. The van der Waals surface area contributed by atoms with Gasteiger partial charge in [-0.05, 0) is 80.7 Å². The molecule has 3 saturated heterocycles. The Morgan fingerprint density at radius 1 is 0.907 bits per heavy atom. The summed E-state index contributed by atoms with van der Waals surface area (Å²) in [5.41, 5.74) is -4.80. The van der Waals surface area contributed by atoms with E-state index in [9.17, 15) is 40.5 Å². The molecule has 318 valence electrons. The fourth-order valence-corrected chi connectivity index (χ4v) is 9.07. The van der Waals surface area contributed by atoms with Crippen LogP contribution in [0.15, 0.2) is 0 Å². The topological polar surface area (TPSA) is 217 Å². The van der Waals surface area contributed by atoms with Crippen LogP contribution in [0.25, 0.3) is 0 Å². The normalized spacial score (nSPS) is 49.6. The second kappa shape index (κ2) is 18.7. The highest BCUT2D eigenvalue weighted by molar-refractivity contribution is 5.73. The number of esters is 1. The summed E-state index contributed by atoms with van der Waals surface area (Å²) in [4.78, 5) is 16.0. The van der Waals surface area contributed by atoms with E-state index in [1.807, 2.05) is 11.8 Å². The molecule has 3 fully saturated rings. The number of cyclic esters (lactones) is 1. The predicted molar refractivity (Wildman–Crippen MR) is 198 cm³/mol. The Morgan fingerprint density at radius 2 is 1.52 bits per heavy atom. The molecule has 0 radical (unpaired) electrons. The van der Waals surface area contributed by atoms with Gasteiger partial charge >= 0.3 is 5.97 Å². The number of hydrogen-bond acceptors (Lipinski definition) is 15. The van der Waals surface area contributed by atoms with E-state index in [1.165, 1.54) is 14.0 Å². The van der Waals surface area contributed by atoms with Gasteiger partial charge in [-0.15, -0.1) is 0 Å². The lowest BCUT2D eigenvalue weighted by atomic mass is 9.73. The van der Waals surface area contributed by atoms with Crippen molar-refractivity contribution in [3.63, 3.8) is 0 Å². The molecule has 54 heavy (non-hydrogen) atoms. The molecule has 20 atom stereocenters. The van der Waals surface area contributed by atoms with Crippen molar-refractivity contribution < 1.29 is 69.0 Å². The van der Waals surface area contributed by atoms with Crippen LogP contribution in [0.2, 0.25) is 0 Å². The van der Waals surface area contributed by atoms with Crippen LogP contribution >= 0.6 is 0 Å². The summed E-state index contributed by atoms with van der Waals surface area (Å²) in [6, 6.07) is -0.467. The van der Waals surface area contributed by atoms with E-state index >= 15 is 0 Å². The number of likely N-dealkylation sites (N-methyl/N-ethyl adjacent to an activating group) is 1. The maximum Gasteiger partial charge on any atom is 0.311 e. The van der Waals surface area contributed by atoms with Gasteiger partial charge in [-0.3, -0.25) is 9.69 Å². The zero-order valence-electron chi connectivity index (χ0n) is 34.8. The molecule has 0 spiro atoms. The first kappa shape index (κ1) is 47.3. The zero-order chi connectivity index (χ0) is 41.2. The molecule has 0 aromatic heterocycles. The maximum absolute atomic E-state index is 14.2. The average molecular weight is 780 g/mol. The van der Waals surface area contributed by atoms with E-state index in [0.29, 0.717) is 6.42 Å². The molecule has 0 aromatic rings. The Kier molecular flexibility index (Phi) is 16.4. The number of rotatable bonds is 9. The van der Waals surface area contributed by atoms with E-state index in [4.69, 9.17) is 28.4 Å². The third-order valence-corrected chi connectivity index (χ3v) is 12.5. The first-order valence-corrected chi connectivity index (χ1v) is 19.8. The van der Waals surface area contributed by atoms with Crippen LogP contribution in [0.5, 0.6) is 0 Å². The van der Waals surface area contributed by atoms with Crippen LogP contribution in [0.3, 0.4) is 0 Å². The molecule has 3 heterocycles. The number of hydrogen-bond donors (Lipinski definition) is 7. The second-order valence-corrected chi connectivity index (χ2v) is 17.5. The van der Waals surface area contributed by atoms with Gasteiger partial charge in [-0.1, -0.05) is 27.7 Å². The van der Waals surface area contributed by atoms with Crippen LogP contribution in [0.4, 0.5) is 0 Å². The van der Waals surface area contributed by atoms with Crippen molar-refractivity contribution in [3.05, 3.63) is 0 Å². The summed E-state index contributed by atoms with van der Waals surface area (Å²) in [5.74, 6) is -4.26. The highest BCUT2D eigenvalue weighted by atomic mass is 16.7. The van der Waals surface area contributed by atoms with Gasteiger partial charge in [0.2, 0.25) is 0 Å². The largest absolute Gasteiger partial charge is 0.459 e. The number of nitrogens with zero attached hydrogens (tertiary/aromatic N) is 1. The van der Waals surface area contributed by atoms with Crippen LogP contribution in [0, 0.1) is 23.7 Å². The number of aliphatic hydroxyl groups is 7. The van der Waals surface area contributed by atoms with E-state index in [0.717, 1.165) is 0 Å². The smallest absolute Gasteiger partial charge is 0.311 e. The summed E-state index contributed by atoms with van der Waals surface area (Å²) in [5, 5.41) is 79.9. The predicted octanol–water partition coefficient (Wildman–Crippen LogP) is 1.33. The number of carbonyl (C=O) groups is 1. The monoisotopic (exact) mass is 780 g/mol. The summed E-state index contributed by atoms with van der Waals surface area (Å²) in [6.45, 7) is 18.5. The number of aliphatic hydroxyl groups excluding tert-OH is 5. The van der Waals surface area contributed by atoms with Gasteiger partial charge in [0, 0.05) is 38.0 Å².